The number of aromatic nitrogens is 2. The Morgan fingerprint density at radius 3 is 2.80 bits per heavy atom. The molecule has 2 aromatic heterocycles. The van der Waals surface area contributed by atoms with Crippen LogP contribution in [0, 0.1) is 6.92 Å². The molecule has 0 amide bonds. The van der Waals surface area contributed by atoms with Crippen LogP contribution >= 0.6 is 11.3 Å². The molecule has 0 fully saturated rings. The quantitative estimate of drug-likeness (QED) is 0.781. The number of hydrogen-bond donors (Lipinski definition) is 1. The third-order valence-electron chi connectivity index (χ3n) is 3.01. The third-order valence-corrected chi connectivity index (χ3v) is 3.91. The van der Waals surface area contributed by atoms with Gasteiger partial charge >= 0.3 is 0 Å². The molecular weight excluding hydrogens is 266 g/mol. The molecule has 0 bridgehead atoms. The minimum Gasteiger partial charge on any atom is -0.379 e. The van der Waals surface area contributed by atoms with Crippen LogP contribution in [-0.4, -0.2) is 9.97 Å². The molecule has 3 nitrogen and oxygen atoms in total. The van der Waals surface area contributed by atoms with Crippen LogP contribution in [0.2, 0.25) is 0 Å². The molecule has 0 aliphatic heterocycles. The summed E-state index contributed by atoms with van der Waals surface area (Å²) in [7, 11) is 0. The van der Waals surface area contributed by atoms with Crippen molar-refractivity contribution in [1.82, 2.24) is 9.97 Å². The highest BCUT2D eigenvalue weighted by molar-refractivity contribution is 7.13. The standard InChI is InChI=1S/C16H15N3S/c1-12-17-9-8-13(19-12)11-18-15-6-3-2-5-14(15)16-7-4-10-20-16/h2-10,18H,11H2,1H3. The van der Waals surface area contributed by atoms with E-state index in [1.807, 2.05) is 19.1 Å². The summed E-state index contributed by atoms with van der Waals surface area (Å²) in [6, 6.07) is 14.5. The Morgan fingerprint density at radius 1 is 1.10 bits per heavy atom. The van der Waals surface area contributed by atoms with Crippen molar-refractivity contribution in [3.8, 4) is 10.4 Å². The zero-order valence-electron chi connectivity index (χ0n) is 11.2. The first kappa shape index (κ1) is 12.8. The van der Waals surface area contributed by atoms with E-state index >= 15 is 0 Å². The zero-order valence-corrected chi connectivity index (χ0v) is 12.0. The van der Waals surface area contributed by atoms with Gasteiger partial charge in [-0.3, -0.25) is 0 Å². The van der Waals surface area contributed by atoms with Gasteiger partial charge in [-0.1, -0.05) is 24.3 Å². The lowest BCUT2D eigenvalue weighted by Crippen LogP contribution is -2.04. The summed E-state index contributed by atoms with van der Waals surface area (Å²) in [5, 5.41) is 5.56. The molecule has 0 unspecified atom stereocenters. The number of nitrogens with zero attached hydrogens (tertiary/aromatic N) is 2. The molecule has 3 aromatic rings. The van der Waals surface area contributed by atoms with Gasteiger partial charge in [-0.2, -0.15) is 0 Å². The number of thiophene rings is 1. The number of benzene rings is 1. The Balaban J connectivity index is 1.81. The molecule has 1 aromatic carbocycles. The van der Waals surface area contributed by atoms with Crippen LogP contribution in [0.5, 0.6) is 0 Å². The maximum atomic E-state index is 4.41. The van der Waals surface area contributed by atoms with Crippen molar-refractivity contribution in [3.05, 3.63) is 65.6 Å². The first-order chi connectivity index (χ1) is 9.83. The number of nitrogens with one attached hydrogen (secondary N) is 1. The van der Waals surface area contributed by atoms with Gasteiger partial charge in [0, 0.05) is 22.3 Å². The van der Waals surface area contributed by atoms with Gasteiger partial charge in [0.15, 0.2) is 0 Å². The minimum atomic E-state index is 0.700. The lowest BCUT2D eigenvalue weighted by atomic mass is 10.1. The van der Waals surface area contributed by atoms with Gasteiger partial charge in [-0.15, -0.1) is 11.3 Å². The summed E-state index contributed by atoms with van der Waals surface area (Å²) in [5.74, 6) is 0.802. The fourth-order valence-corrected chi connectivity index (χ4v) is 2.84. The van der Waals surface area contributed by atoms with Crippen LogP contribution in [0.25, 0.3) is 10.4 Å². The lowest BCUT2D eigenvalue weighted by Gasteiger charge is -2.10. The molecule has 0 aliphatic carbocycles. The first-order valence-electron chi connectivity index (χ1n) is 6.48. The predicted molar refractivity (Wildman–Crippen MR) is 83.9 cm³/mol. The van der Waals surface area contributed by atoms with Gasteiger partial charge in [-0.05, 0) is 30.5 Å². The van der Waals surface area contributed by atoms with Crippen molar-refractivity contribution < 1.29 is 0 Å². The zero-order chi connectivity index (χ0) is 13.8. The number of para-hydroxylation sites is 1. The molecule has 0 spiro atoms. The minimum absolute atomic E-state index is 0.700. The van der Waals surface area contributed by atoms with E-state index in [-0.39, 0.29) is 0 Å². The van der Waals surface area contributed by atoms with Gasteiger partial charge in [0.1, 0.15) is 5.82 Å². The van der Waals surface area contributed by atoms with Crippen molar-refractivity contribution in [2.24, 2.45) is 0 Å². The third kappa shape index (κ3) is 2.86. The van der Waals surface area contributed by atoms with Crippen molar-refractivity contribution in [2.45, 2.75) is 13.5 Å². The summed E-state index contributed by atoms with van der Waals surface area (Å²) in [5.41, 5.74) is 3.36. The average Bonchev–Trinajstić information content (AvgIpc) is 3.00. The average molecular weight is 281 g/mol. The first-order valence-corrected chi connectivity index (χ1v) is 7.36. The van der Waals surface area contributed by atoms with E-state index in [1.165, 1.54) is 10.4 Å². The Kier molecular flexibility index (Phi) is 3.74. The smallest absolute Gasteiger partial charge is 0.125 e. The van der Waals surface area contributed by atoms with Crippen molar-refractivity contribution in [1.29, 1.82) is 0 Å². The van der Waals surface area contributed by atoms with Crippen LogP contribution in [0.3, 0.4) is 0 Å². The van der Waals surface area contributed by atoms with E-state index < -0.39 is 0 Å². The topological polar surface area (TPSA) is 37.8 Å². The van der Waals surface area contributed by atoms with E-state index in [1.54, 1.807) is 17.5 Å². The van der Waals surface area contributed by atoms with Crippen molar-refractivity contribution >= 4 is 17.0 Å². The monoisotopic (exact) mass is 281 g/mol. The number of anilines is 1. The molecular formula is C16H15N3S. The SMILES string of the molecule is Cc1nccc(CNc2ccccc2-c2cccs2)n1. The van der Waals surface area contributed by atoms with Crippen molar-refractivity contribution in [2.75, 3.05) is 5.32 Å². The summed E-state index contributed by atoms with van der Waals surface area (Å²) < 4.78 is 0. The lowest BCUT2D eigenvalue weighted by molar-refractivity contribution is 0.955. The number of hydrogen-bond acceptors (Lipinski definition) is 4. The molecule has 20 heavy (non-hydrogen) atoms. The molecule has 100 valence electrons. The Labute approximate surface area is 122 Å². The van der Waals surface area contributed by atoms with Gasteiger partial charge < -0.3 is 5.32 Å². The van der Waals surface area contributed by atoms with Gasteiger partial charge in [0.25, 0.3) is 0 Å². The largest absolute Gasteiger partial charge is 0.379 e. The highest BCUT2D eigenvalue weighted by atomic mass is 32.1. The molecule has 3 rings (SSSR count). The second kappa shape index (κ2) is 5.84. The Morgan fingerprint density at radius 2 is 2.00 bits per heavy atom. The second-order valence-corrected chi connectivity index (χ2v) is 5.42. The highest BCUT2D eigenvalue weighted by Crippen LogP contribution is 2.31. The molecule has 4 heteroatoms. The van der Waals surface area contributed by atoms with Gasteiger partial charge in [0.05, 0.1) is 12.2 Å². The Bertz CT molecular complexity index is 692. The predicted octanol–water partition coefficient (Wildman–Crippen LogP) is 4.13. The Hall–Kier alpha value is -2.20. The molecule has 1 N–H and O–H groups in total. The molecule has 0 radical (unpaired) electrons. The summed E-state index contributed by atoms with van der Waals surface area (Å²) in [4.78, 5) is 9.80. The van der Waals surface area contributed by atoms with Crippen LogP contribution in [-0.2, 0) is 6.54 Å². The van der Waals surface area contributed by atoms with Gasteiger partial charge in [-0.25, -0.2) is 9.97 Å². The molecule has 0 aliphatic rings. The fraction of sp³-hybridized carbons (Fsp3) is 0.125. The van der Waals surface area contributed by atoms with E-state index in [2.05, 4.69) is 51.0 Å². The van der Waals surface area contributed by atoms with Crippen LogP contribution in [0.4, 0.5) is 5.69 Å². The van der Waals surface area contributed by atoms with E-state index in [9.17, 15) is 0 Å². The molecule has 0 saturated carbocycles. The van der Waals surface area contributed by atoms with Gasteiger partial charge in [0.2, 0.25) is 0 Å². The number of aryl methyl sites for hydroxylation is 1. The summed E-state index contributed by atoms with van der Waals surface area (Å²) in [6.45, 7) is 2.61. The highest BCUT2D eigenvalue weighted by Gasteiger charge is 2.05. The van der Waals surface area contributed by atoms with Crippen LogP contribution < -0.4 is 5.32 Å². The molecule has 0 saturated heterocycles. The normalized spacial score (nSPS) is 10.4. The summed E-state index contributed by atoms with van der Waals surface area (Å²) >= 11 is 1.75. The van der Waals surface area contributed by atoms with Crippen LogP contribution in [0.15, 0.2) is 54.0 Å². The van der Waals surface area contributed by atoms with E-state index in [4.69, 9.17) is 0 Å². The second-order valence-electron chi connectivity index (χ2n) is 4.47. The molecule has 0 atom stereocenters. The maximum Gasteiger partial charge on any atom is 0.125 e. The van der Waals surface area contributed by atoms with Crippen LogP contribution in [0.1, 0.15) is 11.5 Å². The fourth-order valence-electron chi connectivity index (χ4n) is 2.07. The van der Waals surface area contributed by atoms with Crippen molar-refractivity contribution in [3.63, 3.8) is 0 Å². The van der Waals surface area contributed by atoms with E-state index in [0.717, 1.165) is 17.2 Å². The molecule has 2 heterocycles. The maximum absolute atomic E-state index is 4.41. The van der Waals surface area contributed by atoms with E-state index in [0.29, 0.717) is 6.54 Å². The number of rotatable bonds is 4. The summed E-state index contributed by atoms with van der Waals surface area (Å²) in [6.07, 6.45) is 1.80.